The predicted octanol–water partition coefficient (Wildman–Crippen LogP) is 7.15. The molecule has 0 aliphatic rings. The first kappa shape index (κ1) is 18.8. The summed E-state index contributed by atoms with van der Waals surface area (Å²) in [7, 11) is 0. The summed E-state index contributed by atoms with van der Waals surface area (Å²) in [6.45, 7) is 9.95. The monoisotopic (exact) mass is 312 g/mol. The lowest BCUT2D eigenvalue weighted by Crippen LogP contribution is -1.84. The van der Waals surface area contributed by atoms with Crippen LogP contribution in [0.4, 0.5) is 0 Å². The Hall–Kier alpha value is -1.18. The van der Waals surface area contributed by atoms with E-state index in [1.165, 1.54) is 0 Å². The van der Waals surface area contributed by atoms with Crippen molar-refractivity contribution in [2.75, 3.05) is 0 Å². The van der Waals surface area contributed by atoms with E-state index >= 15 is 0 Å². The quantitative estimate of drug-likeness (QED) is 0.572. The molecule has 0 N–H and O–H groups in total. The van der Waals surface area contributed by atoms with Crippen molar-refractivity contribution in [3.05, 3.63) is 58.1 Å². The summed E-state index contributed by atoms with van der Waals surface area (Å²) in [5.74, 6) is 1.46. The molecule has 0 unspecified atom stereocenters. The van der Waals surface area contributed by atoms with Gasteiger partial charge in [-0.1, -0.05) is 57.0 Å². The Morgan fingerprint density at radius 3 is 1.75 bits per heavy atom. The molecule has 110 valence electrons. The molecule has 0 saturated heterocycles. The first-order valence-electron chi connectivity index (χ1n) is 6.85. The molecule has 20 heavy (non-hydrogen) atoms. The van der Waals surface area contributed by atoms with Crippen molar-refractivity contribution in [1.29, 1.82) is 0 Å². The molecule has 2 rings (SSSR count). The minimum absolute atomic E-state index is 0.689. The van der Waals surface area contributed by atoms with E-state index in [1.807, 2.05) is 58.9 Å². The SMILES string of the molecule is CC.CC.Cc1ccc(Oc2ccc(Cl)cc2)cc1Cl. The molecule has 0 heterocycles. The number of aryl methyl sites for hydroxylation is 1. The van der Waals surface area contributed by atoms with Gasteiger partial charge in [-0.05, 0) is 48.9 Å². The van der Waals surface area contributed by atoms with Crippen LogP contribution in [-0.2, 0) is 0 Å². The molecule has 2 aromatic rings. The molecule has 0 aliphatic carbocycles. The lowest BCUT2D eigenvalue weighted by atomic mass is 10.2. The number of hydrogen-bond acceptors (Lipinski definition) is 1. The number of hydrogen-bond donors (Lipinski definition) is 0. The second-order valence-electron chi connectivity index (χ2n) is 3.47. The second kappa shape index (κ2) is 10.6. The van der Waals surface area contributed by atoms with Gasteiger partial charge in [0, 0.05) is 10.0 Å². The van der Waals surface area contributed by atoms with Gasteiger partial charge in [-0.2, -0.15) is 0 Å². The fraction of sp³-hybridized carbons (Fsp3) is 0.294. The van der Waals surface area contributed by atoms with Crippen molar-refractivity contribution in [2.24, 2.45) is 0 Å². The zero-order chi connectivity index (χ0) is 15.5. The van der Waals surface area contributed by atoms with E-state index in [9.17, 15) is 0 Å². The van der Waals surface area contributed by atoms with Crippen molar-refractivity contribution in [1.82, 2.24) is 0 Å². The summed E-state index contributed by atoms with van der Waals surface area (Å²) >= 11 is 11.8. The molecule has 1 nitrogen and oxygen atoms in total. The Kier molecular flexibility index (Phi) is 9.96. The van der Waals surface area contributed by atoms with E-state index in [2.05, 4.69) is 0 Å². The van der Waals surface area contributed by atoms with Gasteiger partial charge in [0.2, 0.25) is 0 Å². The van der Waals surface area contributed by atoms with Crippen LogP contribution in [0.3, 0.4) is 0 Å². The van der Waals surface area contributed by atoms with E-state index in [1.54, 1.807) is 18.2 Å². The van der Waals surface area contributed by atoms with Crippen molar-refractivity contribution in [2.45, 2.75) is 34.6 Å². The number of rotatable bonds is 2. The van der Waals surface area contributed by atoms with Crippen molar-refractivity contribution < 1.29 is 4.74 Å². The van der Waals surface area contributed by atoms with E-state index in [4.69, 9.17) is 27.9 Å². The van der Waals surface area contributed by atoms with Gasteiger partial charge >= 0.3 is 0 Å². The number of halogens is 2. The third-order valence-corrected chi connectivity index (χ3v) is 2.85. The summed E-state index contributed by atoms with van der Waals surface area (Å²) < 4.78 is 5.63. The average molecular weight is 313 g/mol. The van der Waals surface area contributed by atoms with Gasteiger partial charge in [0.1, 0.15) is 11.5 Å². The molecule has 0 aromatic heterocycles. The molecule has 3 heteroatoms. The Balaban J connectivity index is 0.000000829. The van der Waals surface area contributed by atoms with E-state index in [-0.39, 0.29) is 0 Å². The van der Waals surface area contributed by atoms with Crippen molar-refractivity contribution in [3.63, 3.8) is 0 Å². The first-order chi connectivity index (χ1) is 9.65. The van der Waals surface area contributed by atoms with E-state index < -0.39 is 0 Å². The molecule has 0 radical (unpaired) electrons. The summed E-state index contributed by atoms with van der Waals surface area (Å²) in [6, 6.07) is 12.8. The van der Waals surface area contributed by atoms with Crippen LogP contribution in [-0.4, -0.2) is 0 Å². The lowest BCUT2D eigenvalue weighted by Gasteiger charge is -2.06. The van der Waals surface area contributed by atoms with Crippen LogP contribution in [0.25, 0.3) is 0 Å². The highest BCUT2D eigenvalue weighted by molar-refractivity contribution is 6.31. The highest BCUT2D eigenvalue weighted by Gasteiger charge is 2.00. The lowest BCUT2D eigenvalue weighted by molar-refractivity contribution is 0.482. The Morgan fingerprint density at radius 2 is 1.25 bits per heavy atom. The maximum absolute atomic E-state index is 6.00. The first-order valence-corrected chi connectivity index (χ1v) is 7.60. The van der Waals surface area contributed by atoms with Crippen LogP contribution in [0.2, 0.25) is 10.0 Å². The summed E-state index contributed by atoms with van der Waals surface area (Å²) in [5, 5.41) is 1.39. The van der Waals surface area contributed by atoms with Gasteiger partial charge in [-0.3, -0.25) is 0 Å². The highest BCUT2D eigenvalue weighted by Crippen LogP contribution is 2.27. The van der Waals surface area contributed by atoms with Crippen LogP contribution in [0.5, 0.6) is 11.5 Å². The van der Waals surface area contributed by atoms with Gasteiger partial charge in [-0.25, -0.2) is 0 Å². The van der Waals surface area contributed by atoms with E-state index in [0.29, 0.717) is 10.0 Å². The summed E-state index contributed by atoms with van der Waals surface area (Å²) in [4.78, 5) is 0. The Bertz CT molecular complexity index is 493. The zero-order valence-corrected chi connectivity index (χ0v) is 14.2. The smallest absolute Gasteiger partial charge is 0.128 e. The third-order valence-electron chi connectivity index (χ3n) is 2.19. The normalized spacial score (nSPS) is 8.75. The van der Waals surface area contributed by atoms with Gasteiger partial charge in [0.25, 0.3) is 0 Å². The second-order valence-corrected chi connectivity index (χ2v) is 4.31. The molecule has 0 atom stereocenters. The zero-order valence-electron chi connectivity index (χ0n) is 12.7. The van der Waals surface area contributed by atoms with Crippen LogP contribution in [0.1, 0.15) is 33.3 Å². The molecule has 0 spiro atoms. The molecule has 0 aliphatic heterocycles. The van der Waals surface area contributed by atoms with Crippen LogP contribution >= 0.6 is 23.2 Å². The highest BCUT2D eigenvalue weighted by atomic mass is 35.5. The van der Waals surface area contributed by atoms with Gasteiger partial charge in [0.15, 0.2) is 0 Å². The molecule has 0 bridgehead atoms. The van der Waals surface area contributed by atoms with E-state index in [0.717, 1.165) is 17.1 Å². The maximum Gasteiger partial charge on any atom is 0.128 e. The Labute approximate surface area is 132 Å². The van der Waals surface area contributed by atoms with Gasteiger partial charge in [0.05, 0.1) is 0 Å². The van der Waals surface area contributed by atoms with Crippen LogP contribution in [0, 0.1) is 6.92 Å². The minimum atomic E-state index is 0.689. The number of ether oxygens (including phenoxy) is 1. The molecule has 0 fully saturated rings. The largest absolute Gasteiger partial charge is 0.457 e. The van der Waals surface area contributed by atoms with Crippen molar-refractivity contribution >= 4 is 23.2 Å². The third kappa shape index (κ3) is 6.31. The van der Waals surface area contributed by atoms with Gasteiger partial charge < -0.3 is 4.74 Å². The average Bonchev–Trinajstić information content (AvgIpc) is 2.50. The van der Waals surface area contributed by atoms with Crippen LogP contribution in [0.15, 0.2) is 42.5 Å². The van der Waals surface area contributed by atoms with Gasteiger partial charge in [-0.15, -0.1) is 0 Å². The molecule has 2 aromatic carbocycles. The fourth-order valence-electron chi connectivity index (χ4n) is 1.28. The maximum atomic E-state index is 6.00. The minimum Gasteiger partial charge on any atom is -0.457 e. The summed E-state index contributed by atoms with van der Waals surface area (Å²) in [6.07, 6.45) is 0. The standard InChI is InChI=1S/C13H10Cl2O.2C2H6/c1-9-2-5-12(8-13(9)15)16-11-6-3-10(14)4-7-11;2*1-2/h2-8H,1H3;2*1-2H3. The fourth-order valence-corrected chi connectivity index (χ4v) is 1.57. The number of benzene rings is 2. The summed E-state index contributed by atoms with van der Waals surface area (Å²) in [5.41, 5.74) is 1.03. The van der Waals surface area contributed by atoms with Crippen LogP contribution < -0.4 is 4.74 Å². The molecular formula is C17H22Cl2O. The molecule has 0 amide bonds. The molecular weight excluding hydrogens is 291 g/mol. The Morgan fingerprint density at radius 1 is 0.750 bits per heavy atom. The van der Waals surface area contributed by atoms with Crippen molar-refractivity contribution in [3.8, 4) is 11.5 Å². The topological polar surface area (TPSA) is 9.23 Å². The predicted molar refractivity (Wildman–Crippen MR) is 90.4 cm³/mol. The molecule has 0 saturated carbocycles.